The number of rotatable bonds is 14. The molecule has 0 saturated heterocycles. The summed E-state index contributed by atoms with van der Waals surface area (Å²) in [5.41, 5.74) is 1.14. The summed E-state index contributed by atoms with van der Waals surface area (Å²) in [4.78, 5) is 4.63. The van der Waals surface area contributed by atoms with Gasteiger partial charge in [-0.3, -0.25) is 0 Å². The second-order valence-corrected chi connectivity index (χ2v) is 5.93. The van der Waals surface area contributed by atoms with Crippen LogP contribution in [0.25, 0.3) is 0 Å². The number of aliphatic imine (C=N–C) groups is 1. The van der Waals surface area contributed by atoms with E-state index in [1.54, 1.807) is 7.11 Å². The zero-order valence-corrected chi connectivity index (χ0v) is 19.3. The Hall–Kier alpha value is -1.06. The van der Waals surface area contributed by atoms with Gasteiger partial charge in [0.1, 0.15) is 12.4 Å². The third-order valence-corrected chi connectivity index (χ3v) is 3.64. The number of nitrogens with one attached hydrogen (secondary N) is 2. The van der Waals surface area contributed by atoms with E-state index in [2.05, 4.69) is 29.5 Å². The van der Waals surface area contributed by atoms with Gasteiger partial charge in [-0.15, -0.1) is 24.0 Å². The summed E-state index contributed by atoms with van der Waals surface area (Å²) in [5, 5.41) is 6.62. The molecule has 0 fully saturated rings. The lowest BCUT2D eigenvalue weighted by atomic mass is 10.2. The molecule has 0 aliphatic rings. The lowest BCUT2D eigenvalue weighted by molar-refractivity contribution is 0.129. The quantitative estimate of drug-likeness (QED) is 0.180. The van der Waals surface area contributed by atoms with Gasteiger partial charge in [-0.2, -0.15) is 0 Å². The van der Waals surface area contributed by atoms with Crippen LogP contribution in [0.2, 0.25) is 0 Å². The van der Waals surface area contributed by atoms with E-state index in [9.17, 15) is 0 Å². The first kappa shape index (κ1) is 25.9. The Morgan fingerprint density at radius 1 is 0.963 bits per heavy atom. The van der Waals surface area contributed by atoms with Crippen LogP contribution in [-0.2, 0) is 16.0 Å². The molecule has 0 spiro atoms. The number of ether oxygens (including phenoxy) is 3. The van der Waals surface area contributed by atoms with Crippen LogP contribution in [0.1, 0.15) is 38.7 Å². The van der Waals surface area contributed by atoms with Gasteiger partial charge in [0.2, 0.25) is 0 Å². The SMILES string of the molecule is CCCCOCCCNC(=NCc1ccc(OCCOC)cc1)NCC.I. The Bertz CT molecular complexity index is 484. The van der Waals surface area contributed by atoms with E-state index >= 15 is 0 Å². The molecule has 6 nitrogen and oxygen atoms in total. The molecule has 0 aromatic heterocycles. The highest BCUT2D eigenvalue weighted by Crippen LogP contribution is 2.12. The van der Waals surface area contributed by atoms with Crippen LogP contribution < -0.4 is 15.4 Å². The maximum absolute atomic E-state index is 5.57. The predicted molar refractivity (Wildman–Crippen MR) is 122 cm³/mol. The first-order valence-corrected chi connectivity index (χ1v) is 9.60. The van der Waals surface area contributed by atoms with Crippen LogP contribution in [0.5, 0.6) is 5.75 Å². The largest absolute Gasteiger partial charge is 0.491 e. The smallest absolute Gasteiger partial charge is 0.191 e. The number of nitrogens with zero attached hydrogens (tertiary/aromatic N) is 1. The molecule has 0 aliphatic carbocycles. The van der Waals surface area contributed by atoms with Crippen molar-refractivity contribution in [1.82, 2.24) is 10.6 Å². The lowest BCUT2D eigenvalue weighted by Crippen LogP contribution is -2.38. The van der Waals surface area contributed by atoms with Gasteiger partial charge in [-0.05, 0) is 37.5 Å². The van der Waals surface area contributed by atoms with Crippen molar-refractivity contribution in [3.8, 4) is 5.75 Å². The zero-order valence-electron chi connectivity index (χ0n) is 17.0. The molecule has 156 valence electrons. The van der Waals surface area contributed by atoms with E-state index in [1.165, 1.54) is 6.42 Å². The molecule has 0 heterocycles. The standard InChI is InChI=1S/C20H35N3O3.HI/c1-4-6-13-25-14-7-12-22-20(21-5-2)23-17-18-8-10-19(11-9-18)26-16-15-24-3;/h8-11H,4-7,12-17H2,1-3H3,(H2,21,22,23);1H. The minimum absolute atomic E-state index is 0. The van der Waals surface area contributed by atoms with Crippen LogP contribution >= 0.6 is 24.0 Å². The maximum Gasteiger partial charge on any atom is 0.191 e. The van der Waals surface area contributed by atoms with Crippen molar-refractivity contribution in [2.24, 2.45) is 4.99 Å². The molecular weight excluding hydrogens is 457 g/mol. The topological polar surface area (TPSA) is 64.1 Å². The van der Waals surface area contributed by atoms with Crippen molar-refractivity contribution in [1.29, 1.82) is 0 Å². The van der Waals surface area contributed by atoms with Crippen LogP contribution in [0.15, 0.2) is 29.3 Å². The predicted octanol–water partition coefficient (Wildman–Crippen LogP) is 3.59. The second-order valence-electron chi connectivity index (χ2n) is 5.93. The third-order valence-electron chi connectivity index (χ3n) is 3.64. The van der Waals surface area contributed by atoms with Gasteiger partial charge in [0.05, 0.1) is 13.2 Å². The average molecular weight is 493 g/mol. The highest BCUT2D eigenvalue weighted by atomic mass is 127. The summed E-state index contributed by atoms with van der Waals surface area (Å²) in [7, 11) is 1.67. The fourth-order valence-electron chi connectivity index (χ4n) is 2.18. The second kappa shape index (κ2) is 18.3. The van der Waals surface area contributed by atoms with Gasteiger partial charge in [0.15, 0.2) is 5.96 Å². The average Bonchev–Trinajstić information content (AvgIpc) is 2.66. The first-order chi connectivity index (χ1) is 12.8. The fourth-order valence-corrected chi connectivity index (χ4v) is 2.18. The van der Waals surface area contributed by atoms with E-state index in [1.807, 2.05) is 24.3 Å². The summed E-state index contributed by atoms with van der Waals surface area (Å²) in [6.45, 7) is 9.35. The van der Waals surface area contributed by atoms with Crippen molar-refractivity contribution >= 4 is 29.9 Å². The van der Waals surface area contributed by atoms with Gasteiger partial charge >= 0.3 is 0 Å². The van der Waals surface area contributed by atoms with E-state index in [0.717, 1.165) is 56.4 Å². The molecule has 0 saturated carbocycles. The Labute approximate surface area is 181 Å². The molecular formula is C20H36IN3O3. The molecule has 0 atom stereocenters. The summed E-state index contributed by atoms with van der Waals surface area (Å²) in [5.74, 6) is 1.68. The zero-order chi connectivity index (χ0) is 18.9. The molecule has 1 aromatic rings. The van der Waals surface area contributed by atoms with Crippen molar-refractivity contribution in [3.63, 3.8) is 0 Å². The number of benzene rings is 1. The monoisotopic (exact) mass is 493 g/mol. The number of unbranched alkanes of at least 4 members (excludes halogenated alkanes) is 1. The highest BCUT2D eigenvalue weighted by molar-refractivity contribution is 14.0. The number of guanidine groups is 1. The molecule has 0 bridgehead atoms. The molecule has 1 rings (SSSR count). The van der Waals surface area contributed by atoms with Gasteiger partial charge in [-0.25, -0.2) is 4.99 Å². The molecule has 0 aliphatic heterocycles. The minimum Gasteiger partial charge on any atom is -0.491 e. The number of hydrogen-bond donors (Lipinski definition) is 2. The van der Waals surface area contributed by atoms with Crippen molar-refractivity contribution in [2.75, 3.05) is 46.6 Å². The summed E-state index contributed by atoms with van der Waals surface area (Å²) >= 11 is 0. The normalized spacial score (nSPS) is 11.0. The van der Waals surface area contributed by atoms with Crippen LogP contribution in [-0.4, -0.2) is 52.6 Å². The van der Waals surface area contributed by atoms with Gasteiger partial charge in [0.25, 0.3) is 0 Å². The Morgan fingerprint density at radius 3 is 2.37 bits per heavy atom. The van der Waals surface area contributed by atoms with Crippen LogP contribution in [0.3, 0.4) is 0 Å². The van der Waals surface area contributed by atoms with Crippen molar-refractivity contribution in [3.05, 3.63) is 29.8 Å². The molecule has 0 amide bonds. The summed E-state index contributed by atoms with van der Waals surface area (Å²) in [6.07, 6.45) is 3.28. The number of hydrogen-bond acceptors (Lipinski definition) is 4. The summed E-state index contributed by atoms with van der Waals surface area (Å²) < 4.78 is 16.1. The van der Waals surface area contributed by atoms with E-state index < -0.39 is 0 Å². The Morgan fingerprint density at radius 2 is 1.70 bits per heavy atom. The molecule has 27 heavy (non-hydrogen) atoms. The minimum atomic E-state index is 0. The van der Waals surface area contributed by atoms with Gasteiger partial charge < -0.3 is 24.8 Å². The van der Waals surface area contributed by atoms with Crippen molar-refractivity contribution < 1.29 is 14.2 Å². The maximum atomic E-state index is 5.57. The Kier molecular flexibility index (Phi) is 17.6. The van der Waals surface area contributed by atoms with E-state index in [-0.39, 0.29) is 24.0 Å². The van der Waals surface area contributed by atoms with E-state index in [0.29, 0.717) is 19.8 Å². The lowest BCUT2D eigenvalue weighted by Gasteiger charge is -2.11. The molecule has 0 unspecified atom stereocenters. The van der Waals surface area contributed by atoms with Crippen molar-refractivity contribution in [2.45, 2.75) is 39.7 Å². The molecule has 7 heteroatoms. The third kappa shape index (κ3) is 13.7. The molecule has 1 aromatic carbocycles. The number of methoxy groups -OCH3 is 1. The van der Waals surface area contributed by atoms with Gasteiger partial charge in [0, 0.05) is 33.4 Å². The first-order valence-electron chi connectivity index (χ1n) is 9.60. The highest BCUT2D eigenvalue weighted by Gasteiger charge is 1.99. The fraction of sp³-hybridized carbons (Fsp3) is 0.650. The summed E-state index contributed by atoms with van der Waals surface area (Å²) in [6, 6.07) is 8.01. The number of halogens is 1. The van der Waals surface area contributed by atoms with Crippen LogP contribution in [0, 0.1) is 0 Å². The van der Waals surface area contributed by atoms with Gasteiger partial charge in [-0.1, -0.05) is 25.5 Å². The Balaban J connectivity index is 0.00000676. The molecule has 0 radical (unpaired) electrons. The van der Waals surface area contributed by atoms with Crippen LogP contribution in [0.4, 0.5) is 0 Å². The molecule has 2 N–H and O–H groups in total. The van der Waals surface area contributed by atoms with E-state index in [4.69, 9.17) is 14.2 Å².